The second kappa shape index (κ2) is 4.76. The normalized spacial score (nSPS) is 9.65. The van der Waals surface area contributed by atoms with Gasteiger partial charge in [-0.05, 0) is 36.5 Å². The second-order valence-electron chi connectivity index (χ2n) is 3.32. The van der Waals surface area contributed by atoms with Crippen molar-refractivity contribution in [3.63, 3.8) is 0 Å². The molecule has 0 spiro atoms. The van der Waals surface area contributed by atoms with E-state index in [1.807, 2.05) is 0 Å². The zero-order valence-electron chi connectivity index (χ0n) is 9.10. The van der Waals surface area contributed by atoms with Crippen molar-refractivity contribution in [2.45, 2.75) is 0 Å². The summed E-state index contributed by atoms with van der Waals surface area (Å²) < 4.78 is 5.65. The van der Waals surface area contributed by atoms with E-state index < -0.39 is 0 Å². The van der Waals surface area contributed by atoms with Crippen LogP contribution < -0.4 is 4.74 Å². The summed E-state index contributed by atoms with van der Waals surface area (Å²) in [4.78, 5) is 6.88. The van der Waals surface area contributed by atoms with Crippen LogP contribution >= 0.6 is 12.2 Å². The maximum absolute atomic E-state index is 8.89. The van der Waals surface area contributed by atoms with Crippen molar-refractivity contribution in [3.8, 4) is 23.1 Å². The lowest BCUT2D eigenvalue weighted by molar-refractivity contribution is 0.416. The Morgan fingerprint density at radius 1 is 1.41 bits per heavy atom. The summed E-state index contributed by atoms with van der Waals surface area (Å²) in [5.74, 6) is 0.681. The Balaban J connectivity index is 2.65. The molecule has 2 aromatic rings. The minimum atomic E-state index is 0.395. The molecule has 4 nitrogen and oxygen atoms in total. The third-order valence-corrected chi connectivity index (χ3v) is 2.50. The lowest BCUT2D eigenvalue weighted by Gasteiger charge is -2.08. The molecule has 0 atom stereocenters. The van der Waals surface area contributed by atoms with Gasteiger partial charge in [-0.2, -0.15) is 5.26 Å². The van der Waals surface area contributed by atoms with Crippen LogP contribution in [0, 0.1) is 16.1 Å². The maximum atomic E-state index is 8.89. The third-order valence-electron chi connectivity index (χ3n) is 2.29. The van der Waals surface area contributed by atoms with E-state index in [-0.39, 0.29) is 0 Å². The molecule has 5 heteroatoms. The highest BCUT2D eigenvalue weighted by molar-refractivity contribution is 7.71. The second-order valence-corrected chi connectivity index (χ2v) is 3.70. The van der Waals surface area contributed by atoms with Crippen LogP contribution in [0.3, 0.4) is 0 Å². The smallest absolute Gasteiger partial charge is 0.197 e. The molecule has 0 bridgehead atoms. The predicted octanol–water partition coefficient (Wildman–Crippen LogP) is 2.69. The molecule has 1 aromatic heterocycles. The van der Waals surface area contributed by atoms with Gasteiger partial charge in [-0.3, -0.25) is 0 Å². The van der Waals surface area contributed by atoms with Crippen LogP contribution in [-0.4, -0.2) is 17.1 Å². The van der Waals surface area contributed by atoms with Gasteiger partial charge in [-0.1, -0.05) is 0 Å². The topological polar surface area (TPSA) is 61.7 Å². The molecule has 0 amide bonds. The molecular formula is C12H9N3OS. The van der Waals surface area contributed by atoms with E-state index in [4.69, 9.17) is 22.2 Å². The lowest BCUT2D eigenvalue weighted by atomic mass is 10.1. The Labute approximate surface area is 104 Å². The molecule has 1 N–H and O–H groups in total. The number of hydrogen-bond donors (Lipinski definition) is 1. The van der Waals surface area contributed by atoms with Gasteiger partial charge in [0.05, 0.1) is 24.4 Å². The lowest BCUT2D eigenvalue weighted by Crippen LogP contribution is -1.92. The number of rotatable bonds is 2. The molecule has 0 aliphatic heterocycles. The van der Waals surface area contributed by atoms with E-state index >= 15 is 0 Å². The van der Waals surface area contributed by atoms with Gasteiger partial charge in [-0.15, -0.1) is 0 Å². The van der Waals surface area contributed by atoms with Crippen LogP contribution in [0.15, 0.2) is 30.5 Å². The molecule has 0 aliphatic carbocycles. The molecule has 0 radical (unpaired) electrons. The first kappa shape index (κ1) is 11.3. The molecular weight excluding hydrogens is 234 g/mol. The van der Waals surface area contributed by atoms with E-state index in [0.717, 1.165) is 11.3 Å². The van der Waals surface area contributed by atoms with Crippen LogP contribution in [0.2, 0.25) is 0 Å². The zero-order chi connectivity index (χ0) is 12.3. The van der Waals surface area contributed by atoms with Gasteiger partial charge in [0, 0.05) is 11.8 Å². The molecule has 1 aromatic carbocycles. The van der Waals surface area contributed by atoms with Crippen molar-refractivity contribution in [2.24, 2.45) is 0 Å². The molecule has 2 rings (SSSR count). The summed E-state index contributed by atoms with van der Waals surface area (Å²) in [7, 11) is 1.58. The Morgan fingerprint density at radius 3 is 2.88 bits per heavy atom. The predicted molar refractivity (Wildman–Crippen MR) is 66.1 cm³/mol. The van der Waals surface area contributed by atoms with Crippen molar-refractivity contribution in [3.05, 3.63) is 40.8 Å². The minimum absolute atomic E-state index is 0.395. The average molecular weight is 243 g/mol. The summed E-state index contributed by atoms with van der Waals surface area (Å²) in [6.45, 7) is 0. The van der Waals surface area contributed by atoms with Crippen molar-refractivity contribution >= 4 is 12.2 Å². The molecule has 0 fully saturated rings. The largest absolute Gasteiger partial charge is 0.496 e. The number of methoxy groups -OCH3 is 1. The number of hydrogen-bond acceptors (Lipinski definition) is 4. The third kappa shape index (κ3) is 2.32. The molecule has 84 valence electrons. The maximum Gasteiger partial charge on any atom is 0.197 e. The van der Waals surface area contributed by atoms with Crippen LogP contribution in [0.1, 0.15) is 5.56 Å². The quantitative estimate of drug-likeness (QED) is 0.824. The number of nitrogens with one attached hydrogen (secondary N) is 1. The highest BCUT2D eigenvalue weighted by Gasteiger charge is 2.07. The van der Waals surface area contributed by atoms with Gasteiger partial charge in [0.15, 0.2) is 4.77 Å². The number of benzene rings is 1. The first-order valence-corrected chi connectivity index (χ1v) is 5.29. The molecule has 0 unspecified atom stereocenters. The van der Waals surface area contributed by atoms with E-state index in [2.05, 4.69) is 16.0 Å². The van der Waals surface area contributed by atoms with Gasteiger partial charge in [0.2, 0.25) is 0 Å². The van der Waals surface area contributed by atoms with E-state index in [1.54, 1.807) is 37.6 Å². The number of nitriles is 1. The number of ether oxygens (including phenoxy) is 1. The first-order chi connectivity index (χ1) is 8.24. The summed E-state index contributed by atoms with van der Waals surface area (Å²) >= 11 is 4.97. The fraction of sp³-hybridized carbons (Fsp3) is 0.0833. The minimum Gasteiger partial charge on any atom is -0.496 e. The summed E-state index contributed by atoms with van der Waals surface area (Å²) in [6, 6.07) is 9.09. The summed E-state index contributed by atoms with van der Waals surface area (Å²) in [6.07, 6.45) is 1.62. The zero-order valence-corrected chi connectivity index (χ0v) is 9.91. The van der Waals surface area contributed by atoms with Crippen LogP contribution in [0.5, 0.6) is 5.75 Å². The van der Waals surface area contributed by atoms with Gasteiger partial charge in [0.1, 0.15) is 5.75 Å². The Bertz CT molecular complexity index is 643. The SMILES string of the molecule is COc1ccc(C#N)cc1-c1ccnc(=S)[nH]1. The molecule has 0 aliphatic rings. The Morgan fingerprint density at radius 2 is 2.24 bits per heavy atom. The van der Waals surface area contributed by atoms with Gasteiger partial charge in [0.25, 0.3) is 0 Å². The fourth-order valence-corrected chi connectivity index (χ4v) is 1.68. The van der Waals surface area contributed by atoms with E-state index in [0.29, 0.717) is 16.1 Å². The molecule has 0 saturated heterocycles. The van der Waals surface area contributed by atoms with Crippen LogP contribution in [0.4, 0.5) is 0 Å². The standard InChI is InChI=1S/C12H9N3OS/c1-16-11-3-2-8(7-13)6-9(11)10-4-5-14-12(17)15-10/h2-6H,1H3,(H,14,15,17). The first-order valence-electron chi connectivity index (χ1n) is 4.88. The van der Waals surface area contributed by atoms with Gasteiger partial charge in [-0.25, -0.2) is 4.98 Å². The van der Waals surface area contributed by atoms with Crippen molar-refractivity contribution in [1.82, 2.24) is 9.97 Å². The fourth-order valence-electron chi connectivity index (χ4n) is 1.51. The van der Waals surface area contributed by atoms with Crippen molar-refractivity contribution in [1.29, 1.82) is 5.26 Å². The Hall–Kier alpha value is -2.19. The number of nitrogens with zero attached hydrogens (tertiary/aromatic N) is 2. The van der Waals surface area contributed by atoms with E-state index in [1.165, 1.54) is 0 Å². The summed E-state index contributed by atoms with van der Waals surface area (Å²) in [5.41, 5.74) is 2.14. The number of H-pyrrole nitrogens is 1. The number of aromatic nitrogens is 2. The van der Waals surface area contributed by atoms with Crippen LogP contribution in [0.25, 0.3) is 11.3 Å². The highest BCUT2D eigenvalue weighted by atomic mass is 32.1. The average Bonchev–Trinajstić information content (AvgIpc) is 2.38. The highest BCUT2D eigenvalue weighted by Crippen LogP contribution is 2.28. The monoisotopic (exact) mass is 243 g/mol. The van der Waals surface area contributed by atoms with Crippen molar-refractivity contribution < 1.29 is 4.74 Å². The van der Waals surface area contributed by atoms with Crippen molar-refractivity contribution in [2.75, 3.05) is 7.11 Å². The molecule has 1 heterocycles. The molecule has 0 saturated carbocycles. The number of aromatic amines is 1. The summed E-state index contributed by atoms with van der Waals surface area (Å²) in [5, 5.41) is 8.89. The van der Waals surface area contributed by atoms with Crippen LogP contribution in [-0.2, 0) is 0 Å². The van der Waals surface area contributed by atoms with Gasteiger partial charge < -0.3 is 9.72 Å². The van der Waals surface area contributed by atoms with E-state index in [9.17, 15) is 0 Å². The van der Waals surface area contributed by atoms with Gasteiger partial charge >= 0.3 is 0 Å². The molecule has 17 heavy (non-hydrogen) atoms. The Kier molecular flexibility index (Phi) is 3.17.